The lowest BCUT2D eigenvalue weighted by Gasteiger charge is -2.46. The Kier molecular flexibility index (Phi) is 21.4. The van der Waals surface area contributed by atoms with Crippen LogP contribution in [0.1, 0.15) is 44.4 Å². The minimum absolute atomic E-state index is 0.0531. The number of aromatic nitrogens is 1. The van der Waals surface area contributed by atoms with Gasteiger partial charge in [-0.2, -0.15) is 0 Å². The van der Waals surface area contributed by atoms with Gasteiger partial charge >= 0.3 is 12.2 Å². The van der Waals surface area contributed by atoms with Gasteiger partial charge in [0.25, 0.3) is 0 Å². The smallest absolute Gasteiger partial charge is 0.412 e. The van der Waals surface area contributed by atoms with E-state index in [4.69, 9.17) is 54.1 Å². The summed E-state index contributed by atoms with van der Waals surface area (Å²) in [5, 5.41) is 28.2. The molecule has 80 heavy (non-hydrogen) atoms. The quantitative estimate of drug-likeness (QED) is 0.0456. The van der Waals surface area contributed by atoms with E-state index in [9.17, 15) is 33.0 Å². The second kappa shape index (κ2) is 27.9. The molecule has 428 valence electrons. The molecule has 22 heteroatoms. The molecule has 0 spiro atoms. The number of phenols is 1. The Balaban J connectivity index is 1.24. The summed E-state index contributed by atoms with van der Waals surface area (Å²) in [6, 6.07) is 14.0. The van der Waals surface area contributed by atoms with Crippen LogP contribution in [0.15, 0.2) is 107 Å². The average Bonchev–Trinajstić information content (AvgIpc) is 3.59. The number of nitrogens with one attached hydrogen (secondary N) is 2. The summed E-state index contributed by atoms with van der Waals surface area (Å²) >= 11 is 5.58. The van der Waals surface area contributed by atoms with Crippen molar-refractivity contribution in [2.24, 2.45) is 11.8 Å². The number of methoxy groups -OCH3 is 3. The lowest BCUT2D eigenvalue weighted by molar-refractivity contribution is -0.310. The molecule has 19 nitrogen and oxygen atoms in total. The van der Waals surface area contributed by atoms with Crippen LogP contribution in [0.3, 0.4) is 0 Å². The first kappa shape index (κ1) is 61.3. The molecule has 2 aliphatic carbocycles. The number of pyridine rings is 1. The van der Waals surface area contributed by atoms with Crippen LogP contribution in [0.5, 0.6) is 5.75 Å². The first-order valence-corrected chi connectivity index (χ1v) is 30.2. The summed E-state index contributed by atoms with van der Waals surface area (Å²) in [5.41, 5.74) is 4.63. The van der Waals surface area contributed by atoms with Crippen molar-refractivity contribution in [3.63, 3.8) is 0 Å². The van der Waals surface area contributed by atoms with E-state index in [1.54, 1.807) is 62.6 Å². The first-order valence-electron chi connectivity index (χ1n) is 25.8. The summed E-state index contributed by atoms with van der Waals surface area (Å²) in [6.45, 7) is 9.46. The molecule has 1 aromatic heterocycles. The normalized spacial score (nSPS) is 26.5. The number of rotatable bonds is 19. The number of hydrogen-bond acceptors (Lipinski definition) is 18. The zero-order valence-electron chi connectivity index (χ0n) is 45.8. The van der Waals surface area contributed by atoms with Crippen LogP contribution >= 0.6 is 0 Å². The minimum Gasteiger partial charge on any atom is -0.508 e. The number of carbonyl (C=O) groups is 3. The van der Waals surface area contributed by atoms with Crippen molar-refractivity contribution in [1.82, 2.24) is 15.2 Å². The van der Waals surface area contributed by atoms with E-state index in [2.05, 4.69) is 40.9 Å². The molecule has 2 saturated heterocycles. The van der Waals surface area contributed by atoms with Gasteiger partial charge in [0, 0.05) is 68.8 Å². The standard InChI is InChI=1S/C58H68N4O15S3/c1-34-40(44-29-38(63)21-22-45(44)59-5)23-25-60-54(34)35(2)43-30-51(76-52-32-50(71-7)46(33-74-52)62(37(4)70-6)58(67)73-26-28-80(68,69)39-17-13-12-14-18-39)56(75-36(43)3)77-49-20-16-11-10-15-19-42-53(49)41(24-27-79(9)78)47(64)31-48(65)55(42)61-57(66)72-8/h10-14,17-18,21-25,29,36-37,43,46-47,49-53,56,59,63-64H,2,26-28,30-33H2,1,3-9H3,(H,61,66)/b11-10-,41-24-/t36?,37?,43?,46?,47-,49-,50?,51?,52?,53?,56?,79?/m0/s1. The summed E-state index contributed by atoms with van der Waals surface area (Å²) in [4.78, 5) is 47.0. The number of phenolic OH excluding ortho intramolecular Hbond substituents is 1. The molecule has 7 rings (SSSR count). The van der Waals surface area contributed by atoms with Gasteiger partial charge in [-0.25, -0.2) is 18.0 Å². The lowest BCUT2D eigenvalue weighted by Crippen LogP contribution is -2.59. The molecule has 3 heterocycles. The van der Waals surface area contributed by atoms with Gasteiger partial charge in [0.2, 0.25) is 0 Å². The summed E-state index contributed by atoms with van der Waals surface area (Å²) in [5.74, 6) is 9.97. The number of fused-ring (bicyclic) bond motifs is 1. The lowest BCUT2D eigenvalue weighted by atomic mass is 9.82. The minimum atomic E-state index is -3.77. The van der Waals surface area contributed by atoms with Crippen LogP contribution in [0.4, 0.5) is 15.3 Å². The maximum atomic E-state index is 14.0. The Hall–Kier alpha value is -6.28. The average molecular weight is 1160 g/mol. The van der Waals surface area contributed by atoms with Gasteiger partial charge in [-0.15, -0.1) is 9.45 Å². The zero-order valence-corrected chi connectivity index (χ0v) is 48.3. The van der Waals surface area contributed by atoms with Crippen molar-refractivity contribution in [3.05, 3.63) is 114 Å². The van der Waals surface area contributed by atoms with Crippen LogP contribution in [0, 0.1) is 42.4 Å². The van der Waals surface area contributed by atoms with Gasteiger partial charge in [-0.05, 0) is 104 Å². The van der Waals surface area contributed by atoms with Crippen molar-refractivity contribution >= 4 is 59.7 Å². The molecule has 4 N–H and O–H groups in total. The second-order valence-corrected chi connectivity index (χ2v) is 24.6. The molecule has 0 radical (unpaired) electrons. The van der Waals surface area contributed by atoms with E-state index < -0.39 is 123 Å². The maximum Gasteiger partial charge on any atom is 0.412 e. The number of hydrogen-bond donors (Lipinski definition) is 4. The van der Waals surface area contributed by atoms with Crippen molar-refractivity contribution in [1.29, 1.82) is 0 Å². The Labute approximate surface area is 474 Å². The highest BCUT2D eigenvalue weighted by atomic mass is 32.8. The summed E-state index contributed by atoms with van der Waals surface area (Å²) < 4.78 is 75.6. The van der Waals surface area contributed by atoms with E-state index in [1.165, 1.54) is 43.4 Å². The number of aliphatic hydroxyl groups is 1. The van der Waals surface area contributed by atoms with Crippen LogP contribution in [0.2, 0.25) is 0 Å². The fraction of sp³-hybridized carbons (Fsp3) is 0.448. The Morgan fingerprint density at radius 1 is 1.06 bits per heavy atom. The van der Waals surface area contributed by atoms with Gasteiger partial charge in [0.15, 0.2) is 28.2 Å². The maximum absolute atomic E-state index is 14.0. The molecule has 2 amide bonds. The van der Waals surface area contributed by atoms with E-state index in [0.29, 0.717) is 22.6 Å². The van der Waals surface area contributed by atoms with Gasteiger partial charge in [-0.3, -0.25) is 20.0 Å². The topological polar surface area (TPSA) is 240 Å². The van der Waals surface area contributed by atoms with Gasteiger partial charge < -0.3 is 53.4 Å². The highest BCUT2D eigenvalue weighted by Gasteiger charge is 2.48. The number of alkyl carbamates (subject to hydrolysis) is 1. The number of amides is 2. The number of aliphatic hydroxyl groups excluding tert-OH is 1. The van der Waals surface area contributed by atoms with Crippen LogP contribution in [-0.2, 0) is 73.2 Å². The van der Waals surface area contributed by atoms with Crippen molar-refractivity contribution < 1.29 is 70.9 Å². The zero-order chi connectivity index (χ0) is 57.8. The molecule has 10 unspecified atom stereocenters. The van der Waals surface area contributed by atoms with E-state index in [1.807, 2.05) is 26.2 Å². The molecule has 0 saturated carbocycles. The third kappa shape index (κ3) is 14.6. The molecule has 3 aromatic rings. The fourth-order valence-electron chi connectivity index (χ4n) is 10.2. The number of nitrogens with zero attached hydrogens (tertiary/aromatic N) is 2. The SMILES string of the molecule is C=C(c1nccc(-c2cc(O)ccc2NC)c1C)C1CC(OC2CC(OC)C(N(C(=O)OCCS(=O)(=O)c3ccccc3)C(C)OC)CO2)C(O[C@H]2C#C/C=C\C#CC3=C(NC(=O)OC)C(=O)C[C@H](O)/C(=C/CS(C)=S)C32)OC1C. The van der Waals surface area contributed by atoms with E-state index >= 15 is 0 Å². The predicted octanol–water partition coefficient (Wildman–Crippen LogP) is 6.15. The van der Waals surface area contributed by atoms with E-state index in [-0.39, 0.29) is 41.4 Å². The molecule has 0 bridgehead atoms. The third-order valence-electron chi connectivity index (χ3n) is 14.4. The first-order chi connectivity index (χ1) is 38.3. The molecule has 2 aliphatic heterocycles. The number of ketones is 1. The number of sulfone groups is 1. The van der Waals surface area contributed by atoms with E-state index in [0.717, 1.165) is 29.5 Å². The molecule has 12 atom stereocenters. The number of Topliss-reactive ketones (excluding diaryl/α,β-unsaturated/α-hetero) is 1. The fourth-order valence-corrected chi connectivity index (χ4v) is 11.9. The number of aromatic hydroxyl groups is 1. The number of carbonyl (C=O) groups excluding carboxylic acids is 3. The Morgan fingerprint density at radius 2 is 1.81 bits per heavy atom. The third-order valence-corrected chi connectivity index (χ3v) is 17.1. The number of benzene rings is 2. The molecule has 2 fully saturated rings. The number of ether oxygens (including phenoxy) is 8. The summed E-state index contributed by atoms with van der Waals surface area (Å²) in [7, 11) is 1.53. The second-order valence-electron chi connectivity index (χ2n) is 19.3. The van der Waals surface area contributed by atoms with Gasteiger partial charge in [0.05, 0.1) is 66.0 Å². The molecular formula is C58H68N4O15S3. The van der Waals surface area contributed by atoms with Gasteiger partial charge in [0.1, 0.15) is 30.8 Å². The number of allylic oxidation sites excluding steroid dienone is 3. The highest BCUT2D eigenvalue weighted by molar-refractivity contribution is 8.28. The van der Waals surface area contributed by atoms with Gasteiger partial charge in [-0.1, -0.05) is 65.7 Å². The monoisotopic (exact) mass is 1160 g/mol. The Morgan fingerprint density at radius 3 is 2.51 bits per heavy atom. The number of anilines is 1. The summed E-state index contributed by atoms with van der Waals surface area (Å²) in [6.07, 6.45) is -1.69. The van der Waals surface area contributed by atoms with Crippen molar-refractivity contribution in [2.75, 3.05) is 64.7 Å². The molecular weight excluding hydrogens is 1090 g/mol. The van der Waals surface area contributed by atoms with Crippen LogP contribution in [-0.4, -0.2) is 161 Å². The molecule has 4 aliphatic rings. The molecule has 2 aromatic carbocycles. The Bertz CT molecular complexity index is 3150. The van der Waals surface area contributed by atoms with Crippen LogP contribution < -0.4 is 10.6 Å². The van der Waals surface area contributed by atoms with Crippen molar-refractivity contribution in [3.8, 4) is 40.6 Å². The highest BCUT2D eigenvalue weighted by Crippen LogP contribution is 2.43. The predicted molar refractivity (Wildman–Crippen MR) is 304 cm³/mol. The van der Waals surface area contributed by atoms with Crippen molar-refractivity contribution in [2.45, 2.75) is 100 Å². The van der Waals surface area contributed by atoms with Crippen LogP contribution in [0.25, 0.3) is 16.7 Å². The largest absolute Gasteiger partial charge is 0.508 e.